The average molecular weight is 457 g/mol. The molecule has 8 nitrogen and oxygen atoms in total. The number of esters is 2. The summed E-state index contributed by atoms with van der Waals surface area (Å²) in [4.78, 5) is 24.7. The van der Waals surface area contributed by atoms with Gasteiger partial charge >= 0.3 is 11.9 Å². The Morgan fingerprint density at radius 2 is 2.00 bits per heavy atom. The van der Waals surface area contributed by atoms with Crippen molar-refractivity contribution in [3.63, 3.8) is 0 Å². The van der Waals surface area contributed by atoms with Crippen LogP contribution in [0.1, 0.15) is 27.7 Å². The number of halogens is 1. The van der Waals surface area contributed by atoms with Crippen LogP contribution in [0.5, 0.6) is 0 Å². The molecule has 0 aromatic rings. The number of rotatable bonds is 2. The molecule has 9 heteroatoms. The second-order valence-electron chi connectivity index (χ2n) is 9.44. The van der Waals surface area contributed by atoms with Gasteiger partial charge in [-0.25, -0.2) is 0 Å². The Bertz CT molecular complexity index is 841. The topological polar surface area (TPSA) is 126 Å². The van der Waals surface area contributed by atoms with Crippen molar-refractivity contribution in [2.75, 3.05) is 5.88 Å². The highest BCUT2D eigenvalue weighted by atomic mass is 35.5. The molecule has 4 aliphatic rings. The first-order valence-corrected chi connectivity index (χ1v) is 11.1. The maximum absolute atomic E-state index is 12.6. The number of epoxide rings is 1. The molecule has 2 heterocycles. The van der Waals surface area contributed by atoms with E-state index in [1.54, 1.807) is 26.0 Å². The zero-order chi connectivity index (χ0) is 22.9. The second kappa shape index (κ2) is 7.56. The second-order valence-corrected chi connectivity index (χ2v) is 9.71. The number of hydrogen-bond acceptors (Lipinski definition) is 8. The molecule has 0 aromatic carbocycles. The first-order chi connectivity index (χ1) is 14.5. The first kappa shape index (κ1) is 22.7. The summed E-state index contributed by atoms with van der Waals surface area (Å²) in [5.41, 5.74) is -2.43. The van der Waals surface area contributed by atoms with Crippen molar-refractivity contribution >= 4 is 23.5 Å². The molecule has 2 aliphatic carbocycles. The summed E-state index contributed by atoms with van der Waals surface area (Å²) in [7, 11) is 0. The van der Waals surface area contributed by atoms with Crippen LogP contribution in [0.4, 0.5) is 0 Å². The molecular weight excluding hydrogens is 428 g/mol. The van der Waals surface area contributed by atoms with Gasteiger partial charge in [-0.3, -0.25) is 9.59 Å². The third-order valence-corrected chi connectivity index (χ3v) is 8.08. The van der Waals surface area contributed by atoms with E-state index in [2.05, 4.69) is 0 Å². The van der Waals surface area contributed by atoms with E-state index in [9.17, 15) is 24.9 Å². The van der Waals surface area contributed by atoms with Crippen molar-refractivity contribution in [1.82, 2.24) is 0 Å². The van der Waals surface area contributed by atoms with E-state index in [0.29, 0.717) is 5.57 Å². The van der Waals surface area contributed by atoms with E-state index in [1.165, 1.54) is 19.9 Å². The minimum absolute atomic E-state index is 0.0534. The Balaban J connectivity index is 1.96. The Kier molecular flexibility index (Phi) is 5.54. The van der Waals surface area contributed by atoms with Gasteiger partial charge in [0, 0.05) is 24.1 Å². The summed E-state index contributed by atoms with van der Waals surface area (Å²) in [6, 6.07) is 0. The van der Waals surface area contributed by atoms with Crippen molar-refractivity contribution in [3.05, 3.63) is 23.8 Å². The lowest BCUT2D eigenvalue weighted by molar-refractivity contribution is -0.213. The van der Waals surface area contributed by atoms with Crippen LogP contribution in [0.3, 0.4) is 0 Å². The van der Waals surface area contributed by atoms with E-state index in [0.717, 1.165) is 0 Å². The lowest BCUT2D eigenvalue weighted by atomic mass is 9.54. The summed E-state index contributed by atoms with van der Waals surface area (Å²) in [5.74, 6) is -3.53. The largest absolute Gasteiger partial charge is 0.459 e. The molecule has 0 amide bonds. The van der Waals surface area contributed by atoms with Crippen LogP contribution in [0.25, 0.3) is 0 Å². The molecule has 3 N–H and O–H groups in total. The summed E-state index contributed by atoms with van der Waals surface area (Å²) in [6.07, 6.45) is -0.560. The normalized spacial score (nSPS) is 53.7. The predicted octanol–water partition coefficient (Wildman–Crippen LogP) is 0.707. The maximum Gasteiger partial charge on any atom is 0.312 e. The number of ether oxygens (including phenoxy) is 3. The number of fused-ring (bicyclic) bond motifs is 4. The fourth-order valence-corrected chi connectivity index (χ4v) is 6.03. The minimum Gasteiger partial charge on any atom is -0.459 e. The molecule has 0 unspecified atom stereocenters. The van der Waals surface area contributed by atoms with Crippen molar-refractivity contribution in [3.8, 4) is 0 Å². The van der Waals surface area contributed by atoms with Crippen molar-refractivity contribution in [2.45, 2.75) is 69.9 Å². The van der Waals surface area contributed by atoms with Gasteiger partial charge in [-0.05, 0) is 24.5 Å². The van der Waals surface area contributed by atoms with Crippen molar-refractivity contribution < 1.29 is 39.1 Å². The van der Waals surface area contributed by atoms with Gasteiger partial charge in [0.2, 0.25) is 0 Å². The Labute approximate surface area is 185 Å². The number of hydrogen-bond donors (Lipinski definition) is 3. The van der Waals surface area contributed by atoms with Crippen LogP contribution in [0.2, 0.25) is 0 Å². The molecule has 0 spiro atoms. The first-order valence-electron chi connectivity index (χ1n) is 10.5. The van der Waals surface area contributed by atoms with Gasteiger partial charge in [-0.2, -0.15) is 0 Å². The summed E-state index contributed by atoms with van der Waals surface area (Å²) >= 11 is 6.06. The number of allylic oxidation sites excluding steroid dienone is 2. The third-order valence-electron chi connectivity index (χ3n) is 7.77. The van der Waals surface area contributed by atoms with E-state index in [4.69, 9.17) is 25.8 Å². The fourth-order valence-electron chi connectivity index (χ4n) is 5.85. The highest BCUT2D eigenvalue weighted by molar-refractivity contribution is 6.19. The van der Waals surface area contributed by atoms with Crippen LogP contribution >= 0.6 is 11.6 Å². The van der Waals surface area contributed by atoms with Gasteiger partial charge in [-0.1, -0.05) is 26.0 Å². The maximum atomic E-state index is 12.6. The fraction of sp³-hybridized carbons (Fsp3) is 0.727. The van der Waals surface area contributed by atoms with Gasteiger partial charge < -0.3 is 29.5 Å². The smallest absolute Gasteiger partial charge is 0.312 e. The van der Waals surface area contributed by atoms with Crippen molar-refractivity contribution in [1.29, 1.82) is 0 Å². The van der Waals surface area contributed by atoms with Gasteiger partial charge in [0.15, 0.2) is 11.7 Å². The molecule has 31 heavy (non-hydrogen) atoms. The number of carbonyl (C=O) groups is 2. The molecule has 11 atom stereocenters. The van der Waals surface area contributed by atoms with Gasteiger partial charge in [0.05, 0.1) is 24.2 Å². The molecule has 0 bridgehead atoms. The molecule has 4 rings (SSSR count). The Morgan fingerprint density at radius 3 is 2.61 bits per heavy atom. The lowest BCUT2D eigenvalue weighted by Crippen LogP contribution is -2.66. The predicted molar refractivity (Wildman–Crippen MR) is 109 cm³/mol. The molecule has 1 saturated carbocycles. The summed E-state index contributed by atoms with van der Waals surface area (Å²) in [6.45, 7) is 6.30. The number of carbonyl (C=O) groups excluding carboxylic acids is 2. The molecule has 2 aliphatic heterocycles. The van der Waals surface area contributed by atoms with Crippen LogP contribution < -0.4 is 0 Å². The Hall–Kier alpha value is -1.45. The standard InChI is InChI=1S/C22H29ClO8/c1-9-15-18(29-11(3)24)22(28)10(2)20(27)30-14(22)7-12(8-23)5-6-13(25)21(15,4)19-17(31-19)16(9)26/h5-7,9-10,13-19,25-26,28H,8H2,1-4H3/b6-5-,12-7+/t9-,10+,13+,14+,15-,16-,17+,18+,19+,21-,22+/m1/s1. The summed E-state index contributed by atoms with van der Waals surface area (Å²) < 4.78 is 17.0. The van der Waals surface area contributed by atoms with Crippen LogP contribution in [0.15, 0.2) is 23.8 Å². The third kappa shape index (κ3) is 3.18. The molecule has 172 valence electrons. The highest BCUT2D eigenvalue weighted by Gasteiger charge is 2.73. The van der Waals surface area contributed by atoms with E-state index < -0.39 is 77.3 Å². The molecule has 0 aromatic heterocycles. The summed E-state index contributed by atoms with van der Waals surface area (Å²) in [5, 5.41) is 34.1. The number of aliphatic hydroxyl groups excluding tert-OH is 2. The van der Waals surface area contributed by atoms with E-state index in [-0.39, 0.29) is 5.88 Å². The molecular formula is C22H29ClO8. The van der Waals surface area contributed by atoms with Gasteiger partial charge in [0.25, 0.3) is 0 Å². The van der Waals surface area contributed by atoms with E-state index in [1.807, 2.05) is 0 Å². The monoisotopic (exact) mass is 456 g/mol. The van der Waals surface area contributed by atoms with Gasteiger partial charge in [0.1, 0.15) is 12.2 Å². The number of aliphatic hydroxyl groups is 3. The van der Waals surface area contributed by atoms with Gasteiger partial charge in [-0.15, -0.1) is 11.6 Å². The average Bonchev–Trinajstić information content (AvgIpc) is 3.49. The number of alkyl halides is 1. The highest BCUT2D eigenvalue weighted by Crippen LogP contribution is 2.60. The van der Waals surface area contributed by atoms with Crippen LogP contribution in [-0.2, 0) is 23.8 Å². The zero-order valence-electron chi connectivity index (χ0n) is 17.9. The SMILES string of the molecule is CC(=O)O[C@H]1[C@H]2[C@@H](C)[C@@H](O)[C@@H]3O[C@@H]3[C@]2(C)[C@@H](O)/C=C\C(CCl)=C/[C@@H]2OC(=O)[C@H](C)[C@]21O. The van der Waals surface area contributed by atoms with E-state index >= 15 is 0 Å². The van der Waals surface area contributed by atoms with Crippen LogP contribution in [0, 0.1) is 23.2 Å². The minimum atomic E-state index is -1.94. The zero-order valence-corrected chi connectivity index (χ0v) is 18.7. The molecule has 2 saturated heterocycles. The molecule has 0 radical (unpaired) electrons. The molecule has 3 fully saturated rings. The lowest BCUT2D eigenvalue weighted by Gasteiger charge is -2.53. The Morgan fingerprint density at radius 1 is 1.32 bits per heavy atom. The van der Waals surface area contributed by atoms with Crippen LogP contribution in [-0.4, -0.2) is 75.4 Å². The van der Waals surface area contributed by atoms with Crippen molar-refractivity contribution in [2.24, 2.45) is 23.2 Å². The quantitative estimate of drug-likeness (QED) is 0.315.